The van der Waals surface area contributed by atoms with E-state index in [1.165, 1.54) is 6.92 Å². The molecular formula is C12H15ClN2O3. The summed E-state index contributed by atoms with van der Waals surface area (Å²) in [4.78, 5) is 22.9. The third-order valence-electron chi connectivity index (χ3n) is 2.28. The van der Waals surface area contributed by atoms with Crippen molar-refractivity contribution in [2.45, 2.75) is 20.0 Å². The number of nitrogens with one attached hydrogen (secondary N) is 2. The van der Waals surface area contributed by atoms with Crippen molar-refractivity contribution >= 4 is 29.1 Å². The molecule has 6 heteroatoms. The molecule has 0 saturated heterocycles. The number of rotatable bonds is 3. The molecular weight excluding hydrogens is 256 g/mol. The minimum atomic E-state index is -0.796. The zero-order valence-electron chi connectivity index (χ0n) is 10.2. The maximum absolute atomic E-state index is 11.5. The van der Waals surface area contributed by atoms with Gasteiger partial charge in [0.1, 0.15) is 0 Å². The van der Waals surface area contributed by atoms with E-state index in [-0.39, 0.29) is 6.54 Å². The van der Waals surface area contributed by atoms with E-state index in [4.69, 9.17) is 16.7 Å². The van der Waals surface area contributed by atoms with Gasteiger partial charge < -0.3 is 15.7 Å². The Morgan fingerprint density at radius 3 is 2.67 bits per heavy atom. The van der Waals surface area contributed by atoms with E-state index in [0.717, 1.165) is 0 Å². The van der Waals surface area contributed by atoms with E-state index >= 15 is 0 Å². The topological polar surface area (TPSA) is 78.4 Å². The lowest BCUT2D eigenvalue weighted by Crippen LogP contribution is -2.38. The first kappa shape index (κ1) is 14.5. The van der Waals surface area contributed by atoms with Crippen molar-refractivity contribution < 1.29 is 14.7 Å². The average molecular weight is 271 g/mol. The zero-order chi connectivity index (χ0) is 13.7. The molecule has 5 nitrogen and oxygen atoms in total. The molecule has 0 bridgehead atoms. The number of halogens is 1. The summed E-state index contributed by atoms with van der Waals surface area (Å²) >= 11 is 5.89. The predicted molar refractivity (Wildman–Crippen MR) is 69.5 cm³/mol. The molecule has 1 aromatic carbocycles. The summed E-state index contributed by atoms with van der Waals surface area (Å²) in [6, 6.07) is 5.03. The second-order valence-electron chi connectivity index (χ2n) is 3.93. The van der Waals surface area contributed by atoms with Crippen LogP contribution in [0, 0.1) is 6.92 Å². The number of benzene rings is 1. The highest BCUT2D eigenvalue weighted by Crippen LogP contribution is 2.22. The van der Waals surface area contributed by atoms with Crippen LogP contribution in [-0.4, -0.2) is 29.6 Å². The van der Waals surface area contributed by atoms with E-state index in [9.17, 15) is 9.59 Å². The minimum absolute atomic E-state index is 0.0286. The monoisotopic (exact) mass is 270 g/mol. The van der Waals surface area contributed by atoms with Crippen LogP contribution in [0.5, 0.6) is 0 Å². The van der Waals surface area contributed by atoms with Crippen molar-refractivity contribution in [3.63, 3.8) is 0 Å². The fourth-order valence-electron chi connectivity index (χ4n) is 1.24. The Bertz CT molecular complexity index is 461. The Kier molecular flexibility index (Phi) is 5.12. The van der Waals surface area contributed by atoms with Gasteiger partial charge in [0, 0.05) is 17.3 Å². The molecule has 0 radical (unpaired) electrons. The molecule has 1 aromatic rings. The van der Waals surface area contributed by atoms with Crippen molar-refractivity contribution in [1.82, 2.24) is 5.32 Å². The molecule has 2 amide bonds. The molecule has 18 heavy (non-hydrogen) atoms. The van der Waals surface area contributed by atoms with Gasteiger partial charge in [-0.2, -0.15) is 0 Å². The van der Waals surface area contributed by atoms with E-state index in [2.05, 4.69) is 10.6 Å². The third kappa shape index (κ3) is 4.01. The summed E-state index contributed by atoms with van der Waals surface area (Å²) < 4.78 is 0. The smallest absolute Gasteiger partial charge is 0.313 e. The van der Waals surface area contributed by atoms with Crippen LogP contribution in [0.3, 0.4) is 0 Å². The number of amides is 2. The molecule has 0 saturated carbocycles. The number of carbonyl (C=O) groups excluding carboxylic acids is 2. The molecule has 0 aromatic heterocycles. The van der Waals surface area contributed by atoms with E-state index < -0.39 is 17.9 Å². The first-order valence-corrected chi connectivity index (χ1v) is 5.82. The van der Waals surface area contributed by atoms with Crippen LogP contribution in [0.1, 0.15) is 12.5 Å². The summed E-state index contributed by atoms with van der Waals surface area (Å²) in [5.74, 6) is -1.59. The number of hydrogen-bond donors (Lipinski definition) is 3. The average Bonchev–Trinajstić information content (AvgIpc) is 2.31. The summed E-state index contributed by atoms with van der Waals surface area (Å²) in [5.41, 5.74) is 1.18. The van der Waals surface area contributed by atoms with Crippen LogP contribution >= 0.6 is 11.6 Å². The molecule has 0 aliphatic rings. The summed E-state index contributed by atoms with van der Waals surface area (Å²) in [7, 11) is 0. The van der Waals surface area contributed by atoms with Gasteiger partial charge >= 0.3 is 11.8 Å². The summed E-state index contributed by atoms with van der Waals surface area (Å²) in [6.45, 7) is 3.28. The number of carbonyl (C=O) groups is 2. The SMILES string of the molecule is Cc1c(Cl)cccc1NC(=O)C(=O)NC[C@@H](C)O. The van der Waals surface area contributed by atoms with Crippen molar-refractivity contribution in [2.24, 2.45) is 0 Å². The Hall–Kier alpha value is -1.59. The van der Waals surface area contributed by atoms with Crippen molar-refractivity contribution in [1.29, 1.82) is 0 Å². The van der Waals surface area contributed by atoms with Gasteiger partial charge in [-0.05, 0) is 31.5 Å². The number of aliphatic hydroxyl groups is 1. The highest BCUT2D eigenvalue weighted by molar-refractivity contribution is 6.40. The fraction of sp³-hybridized carbons (Fsp3) is 0.333. The van der Waals surface area contributed by atoms with Gasteiger partial charge in [0.2, 0.25) is 0 Å². The Morgan fingerprint density at radius 1 is 1.39 bits per heavy atom. The fourth-order valence-corrected chi connectivity index (χ4v) is 1.42. The highest BCUT2D eigenvalue weighted by atomic mass is 35.5. The quantitative estimate of drug-likeness (QED) is 0.720. The van der Waals surface area contributed by atoms with Crippen LogP contribution < -0.4 is 10.6 Å². The molecule has 0 aliphatic heterocycles. The lowest BCUT2D eigenvalue weighted by atomic mass is 10.2. The normalized spacial score (nSPS) is 11.8. The van der Waals surface area contributed by atoms with Gasteiger partial charge in [-0.1, -0.05) is 17.7 Å². The van der Waals surface area contributed by atoms with Gasteiger partial charge in [-0.15, -0.1) is 0 Å². The lowest BCUT2D eigenvalue weighted by Gasteiger charge is -2.10. The highest BCUT2D eigenvalue weighted by Gasteiger charge is 2.15. The molecule has 0 heterocycles. The number of hydrogen-bond acceptors (Lipinski definition) is 3. The van der Waals surface area contributed by atoms with Crippen molar-refractivity contribution in [3.05, 3.63) is 28.8 Å². The van der Waals surface area contributed by atoms with Crippen LogP contribution in [0.25, 0.3) is 0 Å². The van der Waals surface area contributed by atoms with Gasteiger partial charge in [0.25, 0.3) is 0 Å². The van der Waals surface area contributed by atoms with Gasteiger partial charge in [-0.3, -0.25) is 9.59 Å². The van der Waals surface area contributed by atoms with E-state index in [1.54, 1.807) is 25.1 Å². The first-order chi connectivity index (χ1) is 8.41. The van der Waals surface area contributed by atoms with E-state index in [1.807, 2.05) is 0 Å². The largest absolute Gasteiger partial charge is 0.392 e. The molecule has 1 rings (SSSR count). The van der Waals surface area contributed by atoms with E-state index in [0.29, 0.717) is 16.3 Å². The second-order valence-corrected chi connectivity index (χ2v) is 4.33. The van der Waals surface area contributed by atoms with Crippen molar-refractivity contribution in [2.75, 3.05) is 11.9 Å². The maximum atomic E-state index is 11.5. The molecule has 0 fully saturated rings. The van der Waals surface area contributed by atoms with Gasteiger partial charge in [0.05, 0.1) is 6.10 Å². The summed E-state index contributed by atoms with van der Waals surface area (Å²) in [6.07, 6.45) is -0.699. The number of aliphatic hydroxyl groups excluding tert-OH is 1. The van der Waals surface area contributed by atoms with Gasteiger partial charge in [-0.25, -0.2) is 0 Å². The molecule has 3 N–H and O–H groups in total. The Labute approximate surface area is 110 Å². The van der Waals surface area contributed by atoms with Gasteiger partial charge in [0.15, 0.2) is 0 Å². The Balaban J connectivity index is 2.64. The molecule has 1 atom stereocenters. The van der Waals surface area contributed by atoms with Crippen LogP contribution in [0.2, 0.25) is 5.02 Å². The van der Waals surface area contributed by atoms with Crippen LogP contribution in [0.4, 0.5) is 5.69 Å². The first-order valence-electron chi connectivity index (χ1n) is 5.44. The minimum Gasteiger partial charge on any atom is -0.392 e. The lowest BCUT2D eigenvalue weighted by molar-refractivity contribution is -0.136. The van der Waals surface area contributed by atoms with Crippen LogP contribution in [0.15, 0.2) is 18.2 Å². The molecule has 0 unspecified atom stereocenters. The predicted octanol–water partition coefficient (Wildman–Crippen LogP) is 1.08. The number of anilines is 1. The maximum Gasteiger partial charge on any atom is 0.313 e. The third-order valence-corrected chi connectivity index (χ3v) is 2.69. The van der Waals surface area contributed by atoms with Crippen molar-refractivity contribution in [3.8, 4) is 0 Å². The molecule has 0 aliphatic carbocycles. The zero-order valence-corrected chi connectivity index (χ0v) is 10.9. The summed E-state index contributed by atoms with van der Waals surface area (Å²) in [5, 5.41) is 14.3. The molecule has 98 valence electrons. The second kappa shape index (κ2) is 6.37. The molecule has 0 spiro atoms. The van der Waals surface area contributed by atoms with Crippen LogP contribution in [-0.2, 0) is 9.59 Å². The Morgan fingerprint density at radius 2 is 2.06 bits per heavy atom. The standard InChI is InChI=1S/C12H15ClN2O3/c1-7(16)6-14-11(17)12(18)15-10-5-3-4-9(13)8(10)2/h3-5,7,16H,6H2,1-2H3,(H,14,17)(H,15,18)/t7-/m1/s1.